The first-order valence-corrected chi connectivity index (χ1v) is 11.6. The van der Waals surface area contributed by atoms with Gasteiger partial charge in [0.15, 0.2) is 0 Å². The third-order valence-electron chi connectivity index (χ3n) is 6.54. The molecule has 174 valence electrons. The molecule has 1 aromatic heterocycles. The molecule has 1 fully saturated rings. The molecule has 8 nitrogen and oxygen atoms in total. The molecule has 5 rings (SSSR count). The number of ether oxygens (including phenoxy) is 3. The predicted molar refractivity (Wildman–Crippen MR) is 122 cm³/mol. The number of anilines is 1. The van der Waals surface area contributed by atoms with E-state index in [1.807, 2.05) is 30.9 Å². The van der Waals surface area contributed by atoms with E-state index in [2.05, 4.69) is 17.2 Å². The van der Waals surface area contributed by atoms with Gasteiger partial charge in [0.25, 0.3) is 5.91 Å². The van der Waals surface area contributed by atoms with Crippen molar-refractivity contribution in [3.8, 4) is 17.4 Å². The summed E-state index contributed by atoms with van der Waals surface area (Å²) >= 11 is 0. The van der Waals surface area contributed by atoms with Crippen molar-refractivity contribution in [3.05, 3.63) is 41.1 Å². The maximum Gasteiger partial charge on any atom is 0.261 e. The summed E-state index contributed by atoms with van der Waals surface area (Å²) in [5.74, 6) is 1.51. The number of nitrogens with one attached hydrogen (secondary N) is 1. The standard InChI is InChI=1S/C25H29N3O5/c1-4-15(3)32-21-8-14(2)7-20-24(21)25(30)28-12-18(9-17(28)13-31-20)33-23-10-19-16(11-26-23)5-6-22(29)27-19/h7-8,10-11,15,17-18H,4-6,9,12-13H2,1-3H3,(H,27,29)/t15-,17+,18-/m0/s1. The topological polar surface area (TPSA) is 90.0 Å². The van der Waals surface area contributed by atoms with Crippen LogP contribution in [-0.2, 0) is 11.2 Å². The summed E-state index contributed by atoms with van der Waals surface area (Å²) in [5, 5.41) is 2.88. The number of nitrogens with zero attached hydrogens (tertiary/aromatic N) is 2. The highest BCUT2D eigenvalue weighted by molar-refractivity contribution is 6.00. The molecule has 0 saturated carbocycles. The highest BCUT2D eigenvalue weighted by Gasteiger charge is 2.41. The van der Waals surface area contributed by atoms with Crippen LogP contribution in [0.4, 0.5) is 5.69 Å². The van der Waals surface area contributed by atoms with Gasteiger partial charge in [-0.3, -0.25) is 9.59 Å². The number of pyridine rings is 1. The van der Waals surface area contributed by atoms with Crippen LogP contribution in [0.1, 0.15) is 54.6 Å². The van der Waals surface area contributed by atoms with Gasteiger partial charge in [0.05, 0.1) is 24.4 Å². The van der Waals surface area contributed by atoms with Gasteiger partial charge in [0.1, 0.15) is 29.8 Å². The van der Waals surface area contributed by atoms with E-state index in [0.29, 0.717) is 55.4 Å². The zero-order valence-corrected chi connectivity index (χ0v) is 19.2. The lowest BCUT2D eigenvalue weighted by Gasteiger charge is -2.22. The molecule has 3 atom stereocenters. The molecule has 3 aliphatic rings. The maximum atomic E-state index is 13.6. The second kappa shape index (κ2) is 8.57. The van der Waals surface area contributed by atoms with Crippen molar-refractivity contribution in [3.63, 3.8) is 0 Å². The lowest BCUT2D eigenvalue weighted by Crippen LogP contribution is -2.37. The molecule has 1 saturated heterocycles. The second-order valence-electron chi connectivity index (χ2n) is 9.10. The van der Waals surface area contributed by atoms with Gasteiger partial charge in [0.2, 0.25) is 11.8 Å². The zero-order chi connectivity index (χ0) is 23.1. The minimum Gasteiger partial charge on any atom is -0.490 e. The Morgan fingerprint density at radius 2 is 2.12 bits per heavy atom. The summed E-state index contributed by atoms with van der Waals surface area (Å²) in [5.41, 5.74) is 3.23. The average molecular weight is 452 g/mol. The van der Waals surface area contributed by atoms with Gasteiger partial charge < -0.3 is 24.4 Å². The van der Waals surface area contributed by atoms with Crippen LogP contribution < -0.4 is 19.5 Å². The van der Waals surface area contributed by atoms with E-state index in [1.165, 1.54) is 0 Å². The molecule has 0 spiro atoms. The fraction of sp³-hybridized carbons (Fsp3) is 0.480. The van der Waals surface area contributed by atoms with E-state index >= 15 is 0 Å². The van der Waals surface area contributed by atoms with E-state index in [9.17, 15) is 9.59 Å². The minimum absolute atomic E-state index is 0.000888. The van der Waals surface area contributed by atoms with Crippen LogP contribution in [0.3, 0.4) is 0 Å². The summed E-state index contributed by atoms with van der Waals surface area (Å²) in [4.78, 5) is 31.5. The number of amides is 2. The van der Waals surface area contributed by atoms with Gasteiger partial charge in [-0.25, -0.2) is 4.98 Å². The molecular formula is C25H29N3O5. The lowest BCUT2D eigenvalue weighted by molar-refractivity contribution is -0.116. The molecule has 33 heavy (non-hydrogen) atoms. The number of rotatable bonds is 5. The zero-order valence-electron chi connectivity index (χ0n) is 19.2. The first-order chi connectivity index (χ1) is 15.9. The van der Waals surface area contributed by atoms with Gasteiger partial charge in [-0.1, -0.05) is 6.92 Å². The van der Waals surface area contributed by atoms with Gasteiger partial charge in [-0.15, -0.1) is 0 Å². The first-order valence-electron chi connectivity index (χ1n) is 11.6. The molecular weight excluding hydrogens is 422 g/mol. The Hall–Kier alpha value is -3.29. The SMILES string of the molecule is CC[C@H](C)Oc1cc(C)cc2c1C(=O)N1C[C@@H](Oc3cc4c(cn3)CCC(=O)N4)C[C@@H]1CO2. The summed E-state index contributed by atoms with van der Waals surface area (Å²) in [6, 6.07) is 5.48. The van der Waals surface area contributed by atoms with Crippen LogP contribution in [0.5, 0.6) is 17.4 Å². The fourth-order valence-corrected chi connectivity index (χ4v) is 4.61. The Labute approximate surface area is 193 Å². The normalized spacial score (nSPS) is 22.3. The molecule has 1 aromatic carbocycles. The minimum atomic E-state index is -0.210. The van der Waals surface area contributed by atoms with Crippen LogP contribution in [0.25, 0.3) is 0 Å². The highest BCUT2D eigenvalue weighted by atomic mass is 16.5. The number of hydrogen-bond acceptors (Lipinski definition) is 6. The van der Waals surface area contributed by atoms with E-state index < -0.39 is 0 Å². The second-order valence-corrected chi connectivity index (χ2v) is 9.10. The number of aromatic nitrogens is 1. The lowest BCUT2D eigenvalue weighted by atomic mass is 10.1. The van der Waals surface area contributed by atoms with Crippen molar-refractivity contribution in [2.75, 3.05) is 18.5 Å². The summed E-state index contributed by atoms with van der Waals surface area (Å²) in [7, 11) is 0. The van der Waals surface area contributed by atoms with Crippen LogP contribution in [0.15, 0.2) is 24.4 Å². The van der Waals surface area contributed by atoms with Crippen LogP contribution >= 0.6 is 0 Å². The van der Waals surface area contributed by atoms with E-state index in [4.69, 9.17) is 14.2 Å². The number of carbonyl (C=O) groups excluding carboxylic acids is 2. The quantitative estimate of drug-likeness (QED) is 0.748. The van der Waals surface area contributed by atoms with Crippen molar-refractivity contribution in [1.29, 1.82) is 0 Å². The maximum absolute atomic E-state index is 13.6. The molecule has 4 heterocycles. The van der Waals surface area contributed by atoms with E-state index in [-0.39, 0.29) is 30.1 Å². The Kier molecular flexibility index (Phi) is 5.60. The Bertz CT molecular complexity index is 1100. The summed E-state index contributed by atoms with van der Waals surface area (Å²) in [6.07, 6.45) is 4.17. The number of fused-ring (bicyclic) bond motifs is 3. The van der Waals surface area contributed by atoms with Crippen molar-refractivity contribution in [2.45, 2.75) is 64.7 Å². The largest absolute Gasteiger partial charge is 0.490 e. The molecule has 2 amide bonds. The molecule has 3 aliphatic heterocycles. The first kappa shape index (κ1) is 21.6. The van der Waals surface area contributed by atoms with Crippen molar-refractivity contribution in [2.24, 2.45) is 0 Å². The van der Waals surface area contributed by atoms with Crippen molar-refractivity contribution >= 4 is 17.5 Å². The van der Waals surface area contributed by atoms with E-state index in [0.717, 1.165) is 23.2 Å². The van der Waals surface area contributed by atoms with Crippen molar-refractivity contribution < 1.29 is 23.8 Å². The summed E-state index contributed by atoms with van der Waals surface area (Å²) < 4.78 is 18.3. The highest BCUT2D eigenvalue weighted by Crippen LogP contribution is 2.38. The van der Waals surface area contributed by atoms with Crippen LogP contribution in [0, 0.1) is 6.92 Å². The monoisotopic (exact) mass is 451 g/mol. The van der Waals surface area contributed by atoms with E-state index in [1.54, 1.807) is 12.3 Å². The number of hydrogen-bond donors (Lipinski definition) is 1. The van der Waals surface area contributed by atoms with Crippen LogP contribution in [-0.4, -0.2) is 53.1 Å². The third-order valence-corrected chi connectivity index (χ3v) is 6.54. The van der Waals surface area contributed by atoms with Crippen molar-refractivity contribution in [1.82, 2.24) is 9.88 Å². The molecule has 2 aromatic rings. The Morgan fingerprint density at radius 3 is 2.94 bits per heavy atom. The number of aryl methyl sites for hydroxylation is 2. The van der Waals surface area contributed by atoms with Gasteiger partial charge >= 0.3 is 0 Å². The molecule has 1 N–H and O–H groups in total. The smallest absolute Gasteiger partial charge is 0.261 e. The number of benzene rings is 1. The van der Waals surface area contributed by atoms with Gasteiger partial charge in [-0.05, 0) is 49.9 Å². The molecule has 8 heteroatoms. The fourth-order valence-electron chi connectivity index (χ4n) is 4.61. The summed E-state index contributed by atoms with van der Waals surface area (Å²) in [6.45, 7) is 6.86. The number of carbonyl (C=O) groups is 2. The Morgan fingerprint density at radius 1 is 1.27 bits per heavy atom. The van der Waals surface area contributed by atoms with Gasteiger partial charge in [0, 0.05) is 25.1 Å². The molecule has 0 aliphatic carbocycles. The predicted octanol–water partition coefficient (Wildman–Crippen LogP) is 3.51. The third kappa shape index (κ3) is 4.21. The Balaban J connectivity index is 1.35. The molecule has 0 unspecified atom stereocenters. The molecule has 0 bridgehead atoms. The van der Waals surface area contributed by atoms with Gasteiger partial charge in [-0.2, -0.15) is 0 Å². The molecule has 0 radical (unpaired) electrons. The van der Waals surface area contributed by atoms with Crippen LogP contribution in [0.2, 0.25) is 0 Å². The average Bonchev–Trinajstić information content (AvgIpc) is 3.13.